The van der Waals surface area contributed by atoms with Crippen molar-refractivity contribution in [2.45, 2.75) is 19.9 Å². The van der Waals surface area contributed by atoms with E-state index in [0.717, 1.165) is 0 Å². The van der Waals surface area contributed by atoms with E-state index in [-0.39, 0.29) is 11.7 Å². The summed E-state index contributed by atoms with van der Waals surface area (Å²) in [6.07, 6.45) is 3.29. The number of carbonyl (C=O) groups is 1. The van der Waals surface area contributed by atoms with Crippen molar-refractivity contribution in [3.05, 3.63) is 36.4 Å². The number of anilines is 1. The van der Waals surface area contributed by atoms with Crippen LogP contribution in [0.3, 0.4) is 0 Å². The van der Waals surface area contributed by atoms with Crippen LogP contribution in [-0.2, 0) is 11.3 Å². The molecule has 1 aromatic carbocycles. The lowest BCUT2D eigenvalue weighted by atomic mass is 10.2. The summed E-state index contributed by atoms with van der Waals surface area (Å²) in [6, 6.07) is 5.03. The fourth-order valence-corrected chi connectivity index (χ4v) is 1.54. The highest BCUT2D eigenvalue weighted by Gasteiger charge is 2.07. The molecule has 2 aromatic rings. The van der Waals surface area contributed by atoms with Gasteiger partial charge in [-0.05, 0) is 19.1 Å². The van der Waals surface area contributed by atoms with E-state index in [2.05, 4.69) is 15.4 Å². The topological polar surface area (TPSA) is 80.0 Å². The van der Waals surface area contributed by atoms with E-state index in [4.69, 9.17) is 0 Å². The van der Waals surface area contributed by atoms with E-state index >= 15 is 0 Å². The zero-order chi connectivity index (χ0) is 13.0. The Hall–Kier alpha value is -2.37. The van der Waals surface area contributed by atoms with Gasteiger partial charge in [-0.25, -0.2) is 4.98 Å². The highest BCUT2D eigenvalue weighted by molar-refractivity contribution is 5.91. The van der Waals surface area contributed by atoms with Crippen LogP contribution in [0.15, 0.2) is 30.9 Å². The van der Waals surface area contributed by atoms with Crippen molar-refractivity contribution >= 4 is 11.6 Å². The van der Waals surface area contributed by atoms with Gasteiger partial charge in [-0.3, -0.25) is 9.48 Å². The number of phenols is 1. The Kier molecular flexibility index (Phi) is 3.57. The first kappa shape index (κ1) is 12.1. The second kappa shape index (κ2) is 5.31. The molecular weight excluding hydrogens is 232 g/mol. The van der Waals surface area contributed by atoms with Crippen LogP contribution in [0.1, 0.15) is 12.0 Å². The highest BCUT2D eigenvalue weighted by atomic mass is 16.3. The van der Waals surface area contributed by atoms with Crippen LogP contribution in [0.25, 0.3) is 0 Å². The fourth-order valence-electron chi connectivity index (χ4n) is 1.54. The molecule has 2 rings (SSSR count). The molecule has 1 amide bonds. The van der Waals surface area contributed by atoms with Gasteiger partial charge in [0.2, 0.25) is 5.91 Å². The van der Waals surface area contributed by atoms with Crippen molar-refractivity contribution < 1.29 is 9.90 Å². The van der Waals surface area contributed by atoms with E-state index < -0.39 is 0 Å². The zero-order valence-corrected chi connectivity index (χ0v) is 10.00. The van der Waals surface area contributed by atoms with Gasteiger partial charge in [0.25, 0.3) is 0 Å². The zero-order valence-electron chi connectivity index (χ0n) is 10.00. The number of hydrogen-bond donors (Lipinski definition) is 2. The molecule has 0 spiro atoms. The quantitative estimate of drug-likeness (QED) is 0.852. The van der Waals surface area contributed by atoms with Crippen molar-refractivity contribution in [2.24, 2.45) is 0 Å². The predicted octanol–water partition coefficient (Wildman–Crippen LogP) is 1.32. The van der Waals surface area contributed by atoms with Crippen LogP contribution in [0.2, 0.25) is 0 Å². The first-order chi connectivity index (χ1) is 8.66. The summed E-state index contributed by atoms with van der Waals surface area (Å²) < 4.78 is 1.59. The molecule has 0 bridgehead atoms. The van der Waals surface area contributed by atoms with Gasteiger partial charge < -0.3 is 10.4 Å². The van der Waals surface area contributed by atoms with Gasteiger partial charge in [-0.1, -0.05) is 6.07 Å². The van der Waals surface area contributed by atoms with Crippen LogP contribution in [0.5, 0.6) is 5.75 Å². The molecule has 1 aromatic heterocycles. The van der Waals surface area contributed by atoms with Gasteiger partial charge in [0.05, 0.1) is 6.54 Å². The summed E-state index contributed by atoms with van der Waals surface area (Å²) >= 11 is 0. The van der Waals surface area contributed by atoms with E-state index in [0.29, 0.717) is 24.2 Å². The molecule has 2 N–H and O–H groups in total. The van der Waals surface area contributed by atoms with E-state index in [1.807, 2.05) is 0 Å². The van der Waals surface area contributed by atoms with E-state index in [1.165, 1.54) is 6.33 Å². The Morgan fingerprint density at radius 3 is 3.06 bits per heavy atom. The van der Waals surface area contributed by atoms with Gasteiger partial charge in [0.15, 0.2) is 0 Å². The second-order valence-electron chi connectivity index (χ2n) is 3.91. The van der Waals surface area contributed by atoms with Crippen LogP contribution in [-0.4, -0.2) is 25.8 Å². The lowest BCUT2D eigenvalue weighted by Crippen LogP contribution is -2.15. The summed E-state index contributed by atoms with van der Waals surface area (Å²) in [7, 11) is 0. The standard InChI is InChI=1S/C12H14N4O2/c1-9-10(3-2-4-11(9)17)15-12(18)5-6-16-8-13-7-14-16/h2-4,7-8,17H,5-6H2,1H3,(H,15,18). The monoisotopic (exact) mass is 246 g/mol. The van der Waals surface area contributed by atoms with Crippen molar-refractivity contribution in [1.82, 2.24) is 14.8 Å². The summed E-state index contributed by atoms with van der Waals surface area (Å²) in [5.74, 6) is 0.0447. The molecule has 0 aliphatic carbocycles. The maximum absolute atomic E-state index is 11.7. The van der Waals surface area contributed by atoms with Crippen LogP contribution >= 0.6 is 0 Å². The van der Waals surface area contributed by atoms with Crippen molar-refractivity contribution in [3.8, 4) is 5.75 Å². The van der Waals surface area contributed by atoms with Crippen LogP contribution in [0.4, 0.5) is 5.69 Å². The predicted molar refractivity (Wildman–Crippen MR) is 66.1 cm³/mol. The largest absolute Gasteiger partial charge is 0.508 e. The summed E-state index contributed by atoms with van der Waals surface area (Å²) in [6.45, 7) is 2.23. The van der Waals surface area contributed by atoms with Gasteiger partial charge in [-0.15, -0.1) is 0 Å². The van der Waals surface area contributed by atoms with E-state index in [9.17, 15) is 9.90 Å². The maximum atomic E-state index is 11.7. The van der Waals surface area contributed by atoms with E-state index in [1.54, 1.807) is 36.1 Å². The number of aryl methyl sites for hydroxylation is 1. The Bertz CT molecular complexity index is 537. The molecule has 6 heteroatoms. The summed E-state index contributed by atoms with van der Waals surface area (Å²) in [5.41, 5.74) is 1.28. The van der Waals surface area contributed by atoms with Crippen LogP contribution in [0, 0.1) is 6.92 Å². The third-order valence-electron chi connectivity index (χ3n) is 2.61. The molecule has 0 radical (unpaired) electrons. The molecule has 18 heavy (non-hydrogen) atoms. The van der Waals surface area contributed by atoms with Gasteiger partial charge >= 0.3 is 0 Å². The molecule has 0 atom stereocenters. The molecule has 0 aliphatic heterocycles. The first-order valence-electron chi connectivity index (χ1n) is 5.57. The third kappa shape index (κ3) is 2.85. The summed E-state index contributed by atoms with van der Waals surface area (Å²) in [4.78, 5) is 15.5. The minimum Gasteiger partial charge on any atom is -0.508 e. The third-order valence-corrected chi connectivity index (χ3v) is 2.61. The number of amides is 1. The molecule has 94 valence electrons. The molecule has 0 unspecified atom stereocenters. The normalized spacial score (nSPS) is 10.3. The minimum atomic E-state index is -0.126. The van der Waals surface area contributed by atoms with Crippen LogP contribution < -0.4 is 5.32 Å². The van der Waals surface area contributed by atoms with Crippen molar-refractivity contribution in [1.29, 1.82) is 0 Å². The van der Waals surface area contributed by atoms with Gasteiger partial charge in [-0.2, -0.15) is 5.10 Å². The minimum absolute atomic E-state index is 0.126. The number of rotatable bonds is 4. The average molecular weight is 246 g/mol. The summed E-state index contributed by atoms with van der Waals surface area (Å²) in [5, 5.41) is 16.2. The highest BCUT2D eigenvalue weighted by Crippen LogP contribution is 2.23. The molecular formula is C12H14N4O2. The van der Waals surface area contributed by atoms with Crippen molar-refractivity contribution in [2.75, 3.05) is 5.32 Å². The van der Waals surface area contributed by atoms with Gasteiger partial charge in [0, 0.05) is 17.7 Å². The molecule has 0 fully saturated rings. The Labute approximate surface area is 104 Å². The molecule has 6 nitrogen and oxygen atoms in total. The number of nitrogens with one attached hydrogen (secondary N) is 1. The Morgan fingerprint density at radius 1 is 1.50 bits per heavy atom. The Morgan fingerprint density at radius 2 is 2.33 bits per heavy atom. The number of nitrogens with zero attached hydrogens (tertiary/aromatic N) is 3. The number of benzene rings is 1. The molecule has 0 saturated heterocycles. The second-order valence-corrected chi connectivity index (χ2v) is 3.91. The average Bonchev–Trinajstić information content (AvgIpc) is 2.86. The Balaban J connectivity index is 1.93. The maximum Gasteiger partial charge on any atom is 0.226 e. The molecule has 0 saturated carbocycles. The fraction of sp³-hybridized carbons (Fsp3) is 0.250. The SMILES string of the molecule is Cc1c(O)cccc1NC(=O)CCn1cncn1. The lowest BCUT2D eigenvalue weighted by molar-refractivity contribution is -0.116. The smallest absolute Gasteiger partial charge is 0.226 e. The molecule has 1 heterocycles. The number of aromatic nitrogens is 3. The number of carbonyl (C=O) groups excluding carboxylic acids is 1. The molecule has 0 aliphatic rings. The first-order valence-corrected chi connectivity index (χ1v) is 5.57. The number of phenolic OH excluding ortho intramolecular Hbond substituents is 1. The number of hydrogen-bond acceptors (Lipinski definition) is 4. The van der Waals surface area contributed by atoms with Gasteiger partial charge in [0.1, 0.15) is 18.4 Å². The lowest BCUT2D eigenvalue weighted by Gasteiger charge is -2.09. The van der Waals surface area contributed by atoms with Crippen molar-refractivity contribution in [3.63, 3.8) is 0 Å². The number of aromatic hydroxyl groups is 1.